The summed E-state index contributed by atoms with van der Waals surface area (Å²) in [7, 11) is 0. The van der Waals surface area contributed by atoms with Crippen LogP contribution in [0.15, 0.2) is 18.2 Å². The maximum absolute atomic E-state index is 5.58. The molecule has 1 unspecified atom stereocenters. The molecular formula is C16H26N2O. The zero-order valence-electron chi connectivity index (χ0n) is 12.5. The summed E-state index contributed by atoms with van der Waals surface area (Å²) in [6.07, 6.45) is 2.33. The highest BCUT2D eigenvalue weighted by Crippen LogP contribution is 2.25. The van der Waals surface area contributed by atoms with Crippen LogP contribution in [0.25, 0.3) is 0 Å². The van der Waals surface area contributed by atoms with E-state index in [0.717, 1.165) is 25.3 Å². The first kappa shape index (κ1) is 14.2. The second kappa shape index (κ2) is 5.83. The predicted molar refractivity (Wildman–Crippen MR) is 81.1 cm³/mol. The standard InChI is InChI=1S/C16H26N2O/c1-5-19-15-7-6-13(10-12(15)2)18-14-8-9-17-16(3,4)11-14/h6-7,10,14,17-18H,5,8-9,11H2,1-4H3. The number of anilines is 1. The van der Waals surface area contributed by atoms with Crippen LogP contribution in [0.1, 0.15) is 39.2 Å². The number of piperidine rings is 1. The van der Waals surface area contributed by atoms with E-state index in [1.54, 1.807) is 0 Å². The van der Waals surface area contributed by atoms with Gasteiger partial charge in [-0.05, 0) is 70.8 Å². The van der Waals surface area contributed by atoms with Crippen LogP contribution in [0, 0.1) is 6.92 Å². The van der Waals surface area contributed by atoms with E-state index in [1.807, 2.05) is 6.92 Å². The molecule has 1 aromatic rings. The van der Waals surface area contributed by atoms with Gasteiger partial charge in [0.2, 0.25) is 0 Å². The molecule has 106 valence electrons. The Kier molecular flexibility index (Phi) is 4.35. The molecule has 0 amide bonds. The number of ether oxygens (including phenoxy) is 1. The van der Waals surface area contributed by atoms with Crippen LogP contribution >= 0.6 is 0 Å². The Balaban J connectivity index is 2.01. The first-order valence-corrected chi connectivity index (χ1v) is 7.25. The summed E-state index contributed by atoms with van der Waals surface area (Å²) in [6, 6.07) is 6.91. The lowest BCUT2D eigenvalue weighted by atomic mass is 9.89. The predicted octanol–water partition coefficient (Wildman–Crippen LogP) is 3.34. The molecule has 0 aromatic heterocycles. The van der Waals surface area contributed by atoms with Gasteiger partial charge in [-0.15, -0.1) is 0 Å². The van der Waals surface area contributed by atoms with E-state index in [4.69, 9.17) is 4.74 Å². The van der Waals surface area contributed by atoms with Crippen LogP contribution in [0.3, 0.4) is 0 Å². The molecule has 0 bridgehead atoms. The molecule has 1 heterocycles. The van der Waals surface area contributed by atoms with E-state index in [0.29, 0.717) is 6.04 Å². The van der Waals surface area contributed by atoms with Gasteiger partial charge in [-0.2, -0.15) is 0 Å². The topological polar surface area (TPSA) is 33.3 Å². The molecular weight excluding hydrogens is 236 g/mol. The van der Waals surface area contributed by atoms with Crippen molar-refractivity contribution in [3.63, 3.8) is 0 Å². The molecule has 1 saturated heterocycles. The lowest BCUT2D eigenvalue weighted by molar-refractivity contribution is 0.286. The van der Waals surface area contributed by atoms with Gasteiger partial charge in [0.05, 0.1) is 6.61 Å². The Labute approximate surface area is 116 Å². The van der Waals surface area contributed by atoms with Crippen LogP contribution in [-0.4, -0.2) is 24.7 Å². The summed E-state index contributed by atoms with van der Waals surface area (Å²) >= 11 is 0. The third-order valence-electron chi connectivity index (χ3n) is 3.70. The first-order chi connectivity index (χ1) is 9.00. The molecule has 1 aliphatic heterocycles. The summed E-state index contributed by atoms with van der Waals surface area (Å²) < 4.78 is 5.58. The van der Waals surface area contributed by atoms with E-state index in [-0.39, 0.29) is 5.54 Å². The molecule has 19 heavy (non-hydrogen) atoms. The van der Waals surface area contributed by atoms with Crippen molar-refractivity contribution in [2.24, 2.45) is 0 Å². The molecule has 0 radical (unpaired) electrons. The maximum Gasteiger partial charge on any atom is 0.122 e. The molecule has 2 rings (SSSR count). The average Bonchev–Trinajstić information content (AvgIpc) is 2.31. The van der Waals surface area contributed by atoms with Gasteiger partial charge in [-0.3, -0.25) is 0 Å². The van der Waals surface area contributed by atoms with Gasteiger partial charge in [0, 0.05) is 17.3 Å². The zero-order chi connectivity index (χ0) is 13.9. The fourth-order valence-corrected chi connectivity index (χ4v) is 2.79. The van der Waals surface area contributed by atoms with Crippen LogP contribution in [0.4, 0.5) is 5.69 Å². The van der Waals surface area contributed by atoms with Crippen LogP contribution in [0.2, 0.25) is 0 Å². The van der Waals surface area contributed by atoms with Crippen molar-refractivity contribution in [1.29, 1.82) is 0 Å². The monoisotopic (exact) mass is 262 g/mol. The Morgan fingerprint density at radius 2 is 2.21 bits per heavy atom. The lowest BCUT2D eigenvalue weighted by Crippen LogP contribution is -2.50. The summed E-state index contributed by atoms with van der Waals surface area (Å²) in [6.45, 7) is 10.5. The number of hydrogen-bond acceptors (Lipinski definition) is 3. The minimum atomic E-state index is 0.232. The Morgan fingerprint density at radius 1 is 1.42 bits per heavy atom. The van der Waals surface area contributed by atoms with E-state index in [9.17, 15) is 0 Å². The molecule has 0 aliphatic carbocycles. The fraction of sp³-hybridized carbons (Fsp3) is 0.625. The summed E-state index contributed by atoms with van der Waals surface area (Å²) in [5, 5.41) is 7.20. The number of benzene rings is 1. The SMILES string of the molecule is CCOc1ccc(NC2CCNC(C)(C)C2)cc1C. The van der Waals surface area contributed by atoms with Gasteiger partial charge in [-0.25, -0.2) is 0 Å². The third-order valence-corrected chi connectivity index (χ3v) is 3.70. The van der Waals surface area contributed by atoms with Crippen LogP contribution < -0.4 is 15.4 Å². The summed E-state index contributed by atoms with van der Waals surface area (Å²) in [5.74, 6) is 0.985. The van der Waals surface area contributed by atoms with Gasteiger partial charge < -0.3 is 15.4 Å². The second-order valence-electron chi connectivity index (χ2n) is 6.06. The Hall–Kier alpha value is -1.22. The second-order valence-corrected chi connectivity index (χ2v) is 6.06. The van der Waals surface area contributed by atoms with E-state index in [1.165, 1.54) is 17.7 Å². The summed E-state index contributed by atoms with van der Waals surface area (Å²) in [5.41, 5.74) is 2.62. The van der Waals surface area contributed by atoms with Crippen molar-refractivity contribution >= 4 is 5.69 Å². The number of rotatable bonds is 4. The molecule has 1 aromatic carbocycles. The van der Waals surface area contributed by atoms with Crippen molar-refractivity contribution in [3.05, 3.63) is 23.8 Å². The molecule has 1 aliphatic rings. The van der Waals surface area contributed by atoms with Crippen molar-refractivity contribution in [3.8, 4) is 5.75 Å². The van der Waals surface area contributed by atoms with E-state index in [2.05, 4.69) is 49.6 Å². The van der Waals surface area contributed by atoms with Gasteiger partial charge in [0.15, 0.2) is 0 Å². The maximum atomic E-state index is 5.58. The normalized spacial score (nSPS) is 22.0. The van der Waals surface area contributed by atoms with Crippen molar-refractivity contribution < 1.29 is 4.74 Å². The zero-order valence-corrected chi connectivity index (χ0v) is 12.5. The average molecular weight is 262 g/mol. The molecule has 3 nitrogen and oxygen atoms in total. The quantitative estimate of drug-likeness (QED) is 0.873. The van der Waals surface area contributed by atoms with Crippen molar-refractivity contribution in [1.82, 2.24) is 5.32 Å². The Morgan fingerprint density at radius 3 is 2.84 bits per heavy atom. The van der Waals surface area contributed by atoms with Gasteiger partial charge in [0.25, 0.3) is 0 Å². The first-order valence-electron chi connectivity index (χ1n) is 7.25. The summed E-state index contributed by atoms with van der Waals surface area (Å²) in [4.78, 5) is 0. The number of aryl methyl sites for hydroxylation is 1. The molecule has 0 spiro atoms. The van der Waals surface area contributed by atoms with Crippen LogP contribution in [-0.2, 0) is 0 Å². The highest BCUT2D eigenvalue weighted by Gasteiger charge is 2.27. The third kappa shape index (κ3) is 3.87. The van der Waals surface area contributed by atoms with Gasteiger partial charge >= 0.3 is 0 Å². The molecule has 0 saturated carbocycles. The van der Waals surface area contributed by atoms with E-state index >= 15 is 0 Å². The van der Waals surface area contributed by atoms with Crippen LogP contribution in [0.5, 0.6) is 5.75 Å². The highest BCUT2D eigenvalue weighted by atomic mass is 16.5. The molecule has 1 atom stereocenters. The van der Waals surface area contributed by atoms with Gasteiger partial charge in [-0.1, -0.05) is 0 Å². The minimum absolute atomic E-state index is 0.232. The minimum Gasteiger partial charge on any atom is -0.494 e. The highest BCUT2D eigenvalue weighted by molar-refractivity contribution is 5.51. The van der Waals surface area contributed by atoms with Crippen molar-refractivity contribution in [2.45, 2.75) is 52.1 Å². The molecule has 2 N–H and O–H groups in total. The number of hydrogen-bond donors (Lipinski definition) is 2. The Bertz CT molecular complexity index is 429. The van der Waals surface area contributed by atoms with Gasteiger partial charge in [0.1, 0.15) is 5.75 Å². The van der Waals surface area contributed by atoms with Crippen molar-refractivity contribution in [2.75, 3.05) is 18.5 Å². The number of nitrogens with one attached hydrogen (secondary N) is 2. The largest absolute Gasteiger partial charge is 0.494 e. The van der Waals surface area contributed by atoms with E-state index < -0.39 is 0 Å². The fourth-order valence-electron chi connectivity index (χ4n) is 2.79. The molecule has 3 heteroatoms. The smallest absolute Gasteiger partial charge is 0.122 e. The lowest BCUT2D eigenvalue weighted by Gasteiger charge is -2.37. The molecule has 1 fully saturated rings.